The molecule has 1 amide bonds. The lowest BCUT2D eigenvalue weighted by molar-refractivity contribution is -0.116. The van der Waals surface area contributed by atoms with Gasteiger partial charge in [-0.15, -0.1) is 11.3 Å². The Kier molecular flexibility index (Phi) is 7.13. The average molecular weight is 635 g/mol. The lowest BCUT2D eigenvalue weighted by atomic mass is 9.53. The fourth-order valence-electron chi connectivity index (χ4n) is 7.64. The minimum Gasteiger partial charge on any atom is -0.792 e. The van der Waals surface area contributed by atoms with Gasteiger partial charge in [0.2, 0.25) is 5.91 Å². The van der Waals surface area contributed by atoms with Crippen LogP contribution in [-0.4, -0.2) is 21.7 Å². The average Bonchev–Trinajstić information content (AvgIpc) is 3.38. The first-order chi connectivity index (χ1) is 17.4. The van der Waals surface area contributed by atoms with Crippen molar-refractivity contribution in [3.05, 3.63) is 42.6 Å². The number of thiazole rings is 1. The molecule has 3 aliphatic rings. The lowest BCUT2D eigenvalue weighted by Crippen LogP contribution is -2.44. The second kappa shape index (κ2) is 9.81. The second-order valence-corrected chi connectivity index (χ2v) is 14.9. The number of nitrogens with one attached hydrogen (secondary N) is 1. The Morgan fingerprint density at radius 3 is 2.78 bits per heavy atom. The number of amides is 1. The van der Waals surface area contributed by atoms with Gasteiger partial charge in [0.15, 0.2) is 5.13 Å². The van der Waals surface area contributed by atoms with Crippen LogP contribution in [0.2, 0.25) is 0 Å². The molecule has 5 rings (SSSR count). The van der Waals surface area contributed by atoms with Crippen molar-refractivity contribution < 1.29 is 9.90 Å². The smallest absolute Gasteiger partial charge is 0.226 e. The molecule has 37 heavy (non-hydrogen) atoms. The molecule has 1 heterocycles. The van der Waals surface area contributed by atoms with Gasteiger partial charge in [-0.2, -0.15) is 0 Å². The first-order valence-electron chi connectivity index (χ1n) is 13.4. The monoisotopic (exact) mass is 634 g/mol. The van der Waals surface area contributed by atoms with E-state index in [0.717, 1.165) is 51.8 Å². The largest absolute Gasteiger partial charge is 0.792 e. The molecule has 2 N–H and O–H groups in total. The summed E-state index contributed by atoms with van der Waals surface area (Å²) in [5.41, 5.74) is 4.19. The number of phenolic OH excluding ortho intramolecular Hbond substituents is 1. The first kappa shape index (κ1) is 26.9. The summed E-state index contributed by atoms with van der Waals surface area (Å²) in [6.45, 7) is 10.7. The fourth-order valence-corrected chi connectivity index (χ4v) is 9.19. The molecule has 0 saturated heterocycles. The van der Waals surface area contributed by atoms with Crippen LogP contribution in [0.5, 0.6) is 5.75 Å². The fraction of sp³-hybridized carbons (Fsp3) is 0.621. The molecule has 2 aromatic rings. The van der Waals surface area contributed by atoms with Crippen molar-refractivity contribution in [2.45, 2.75) is 90.9 Å². The topological polar surface area (TPSA) is 97.6 Å². The van der Waals surface area contributed by atoms with Crippen LogP contribution in [0.3, 0.4) is 0 Å². The molecule has 0 spiro atoms. The van der Waals surface area contributed by atoms with E-state index < -0.39 is 0 Å². The zero-order valence-corrected chi connectivity index (χ0v) is 25.3. The Morgan fingerprint density at radius 1 is 1.38 bits per heavy atom. The quantitative estimate of drug-likeness (QED) is 0.269. The number of aromatic hydroxyl groups is 1. The highest BCUT2D eigenvalue weighted by molar-refractivity contribution is 14.1. The SMILES string of the molecule is Cc1cnc(NC(=O)CC[C@@H]2C/C(=N\[O-])[C@@]3(C)CCC4c5cc(C(C)(C)C)c(O)c(I)c5CCC4C23)s1. The van der Waals surface area contributed by atoms with Crippen LogP contribution < -0.4 is 5.32 Å². The van der Waals surface area contributed by atoms with Gasteiger partial charge in [-0.05, 0) is 108 Å². The van der Waals surface area contributed by atoms with Gasteiger partial charge in [-0.1, -0.05) is 33.8 Å². The number of carbonyl (C=O) groups is 1. The predicted molar refractivity (Wildman–Crippen MR) is 159 cm³/mol. The summed E-state index contributed by atoms with van der Waals surface area (Å²) in [5.74, 6) is 1.91. The van der Waals surface area contributed by atoms with Crippen LogP contribution in [0.25, 0.3) is 0 Å². The van der Waals surface area contributed by atoms with E-state index in [4.69, 9.17) is 0 Å². The molecule has 3 unspecified atom stereocenters. The third-order valence-corrected chi connectivity index (χ3v) is 11.3. The number of carbonyl (C=O) groups excluding carboxylic acids is 1. The molecule has 1 aromatic heterocycles. The van der Waals surface area contributed by atoms with Crippen molar-refractivity contribution in [1.29, 1.82) is 0 Å². The normalized spacial score (nSPS) is 30.1. The summed E-state index contributed by atoms with van der Waals surface area (Å²) in [7, 11) is 0. The molecule has 2 fully saturated rings. The number of halogens is 1. The molecule has 0 aliphatic heterocycles. The van der Waals surface area contributed by atoms with E-state index in [1.54, 1.807) is 6.20 Å². The highest BCUT2D eigenvalue weighted by atomic mass is 127. The number of benzene rings is 1. The maximum atomic E-state index is 12.8. The summed E-state index contributed by atoms with van der Waals surface area (Å²) < 4.78 is 1.01. The van der Waals surface area contributed by atoms with Crippen LogP contribution >= 0.6 is 33.9 Å². The highest BCUT2D eigenvalue weighted by Gasteiger charge is 2.57. The number of fused-ring (bicyclic) bond motifs is 5. The van der Waals surface area contributed by atoms with E-state index >= 15 is 0 Å². The van der Waals surface area contributed by atoms with Crippen molar-refractivity contribution in [2.75, 3.05) is 5.32 Å². The van der Waals surface area contributed by atoms with Gasteiger partial charge in [0, 0.05) is 34.2 Å². The number of hydrogen-bond donors (Lipinski definition) is 2. The Morgan fingerprint density at radius 2 is 2.14 bits per heavy atom. The number of hydrogen-bond acceptors (Lipinski definition) is 6. The molecule has 2 saturated carbocycles. The minimum absolute atomic E-state index is 0.00948. The van der Waals surface area contributed by atoms with Crippen LogP contribution in [0, 0.1) is 38.9 Å². The maximum absolute atomic E-state index is 12.8. The third-order valence-electron chi connectivity index (χ3n) is 9.34. The number of aromatic nitrogens is 1. The molecular formula is C29H37IN3O3S-. The van der Waals surface area contributed by atoms with E-state index in [1.807, 2.05) is 6.92 Å². The first-order valence-corrected chi connectivity index (χ1v) is 15.3. The Hall–Kier alpha value is -1.68. The number of aryl methyl sites for hydroxylation is 1. The predicted octanol–water partition coefficient (Wildman–Crippen LogP) is 7.50. The summed E-state index contributed by atoms with van der Waals surface area (Å²) in [5, 5.41) is 30.2. The van der Waals surface area contributed by atoms with E-state index in [1.165, 1.54) is 22.5 Å². The van der Waals surface area contributed by atoms with E-state index in [9.17, 15) is 15.1 Å². The van der Waals surface area contributed by atoms with Gasteiger partial charge in [0.1, 0.15) is 5.75 Å². The summed E-state index contributed by atoms with van der Waals surface area (Å²) in [4.78, 5) is 18.1. The molecule has 5 atom stereocenters. The van der Waals surface area contributed by atoms with Gasteiger partial charge < -0.3 is 20.8 Å². The van der Waals surface area contributed by atoms with Crippen LogP contribution in [-0.2, 0) is 16.6 Å². The van der Waals surface area contributed by atoms with Gasteiger partial charge in [0.05, 0.1) is 3.57 Å². The Balaban J connectivity index is 1.43. The van der Waals surface area contributed by atoms with Crippen molar-refractivity contribution in [2.24, 2.45) is 28.3 Å². The molecule has 0 bridgehead atoms. The van der Waals surface area contributed by atoms with Crippen LogP contribution in [0.15, 0.2) is 17.4 Å². The van der Waals surface area contributed by atoms with E-state index in [2.05, 4.69) is 71.8 Å². The molecule has 0 radical (unpaired) electrons. The van der Waals surface area contributed by atoms with Crippen molar-refractivity contribution in [3.63, 3.8) is 0 Å². The number of rotatable bonds is 4. The molecular weight excluding hydrogens is 597 g/mol. The van der Waals surface area contributed by atoms with Gasteiger partial charge in [0.25, 0.3) is 0 Å². The second-order valence-electron chi connectivity index (χ2n) is 12.6. The van der Waals surface area contributed by atoms with Crippen LogP contribution in [0.1, 0.15) is 93.7 Å². The van der Waals surface area contributed by atoms with Crippen molar-refractivity contribution in [1.82, 2.24) is 4.98 Å². The molecule has 6 nitrogen and oxygen atoms in total. The number of nitrogens with zero attached hydrogens (tertiary/aromatic N) is 2. The lowest BCUT2D eigenvalue weighted by Gasteiger charge is -2.51. The van der Waals surface area contributed by atoms with Gasteiger partial charge in [-0.3, -0.25) is 4.79 Å². The maximum Gasteiger partial charge on any atom is 0.226 e. The Bertz CT molecular complexity index is 1250. The summed E-state index contributed by atoms with van der Waals surface area (Å²) in [6, 6.07) is 2.28. The standard InChI is InChI=1S/C29H38IN3O3S/c1-15-14-31-27(37-15)32-23(34)9-6-16-12-22(33-36)29(5)11-10-17-18(24(16)29)7-8-19-20(17)13-21(28(2,3)4)26(35)25(19)30/h13-14,16-18,24,35-36H,6-12H2,1-5H3,(H,31,32,34)/p-1/b33-22+/t16-,17?,18?,24?,29-/m1/s1. The molecule has 1 aromatic carbocycles. The number of anilines is 1. The zero-order chi connectivity index (χ0) is 26.7. The highest BCUT2D eigenvalue weighted by Crippen LogP contribution is 2.63. The Labute approximate surface area is 237 Å². The minimum atomic E-state index is -0.190. The third kappa shape index (κ3) is 4.70. The van der Waals surface area contributed by atoms with Crippen molar-refractivity contribution in [3.8, 4) is 5.75 Å². The summed E-state index contributed by atoms with van der Waals surface area (Å²) >= 11 is 3.82. The van der Waals surface area contributed by atoms with E-state index in [0.29, 0.717) is 41.5 Å². The summed E-state index contributed by atoms with van der Waals surface area (Å²) in [6.07, 6.45) is 7.63. The molecule has 3 aliphatic carbocycles. The number of phenols is 1. The molecule has 200 valence electrons. The van der Waals surface area contributed by atoms with E-state index in [-0.39, 0.29) is 22.7 Å². The van der Waals surface area contributed by atoms with Crippen molar-refractivity contribution >= 4 is 50.7 Å². The van der Waals surface area contributed by atoms with Crippen LogP contribution in [0.4, 0.5) is 5.13 Å². The van der Waals surface area contributed by atoms with Gasteiger partial charge >= 0.3 is 0 Å². The zero-order valence-electron chi connectivity index (χ0n) is 22.4. The van der Waals surface area contributed by atoms with Gasteiger partial charge in [-0.25, -0.2) is 4.98 Å². The molecule has 8 heteroatoms.